The molecule has 1 atom stereocenters. The minimum Gasteiger partial charge on any atom is -0.396 e. The first-order chi connectivity index (χ1) is 8.65. The molecular weight excluding hydrogens is 236 g/mol. The average Bonchev–Trinajstić information content (AvgIpc) is 2.28. The van der Waals surface area contributed by atoms with E-state index < -0.39 is 11.6 Å². The Morgan fingerprint density at radius 2 is 1.83 bits per heavy atom. The van der Waals surface area contributed by atoms with Gasteiger partial charge in [0, 0.05) is 19.2 Å². The van der Waals surface area contributed by atoms with Gasteiger partial charge >= 0.3 is 0 Å². The Morgan fingerprint density at radius 1 is 1.17 bits per heavy atom. The highest BCUT2D eigenvalue weighted by atomic mass is 19.1. The first kappa shape index (κ1) is 15.1. The molecular formula is C14H21F2NO. The number of benzene rings is 1. The van der Waals surface area contributed by atoms with Gasteiger partial charge in [0.05, 0.1) is 0 Å². The fourth-order valence-electron chi connectivity index (χ4n) is 2.07. The standard InChI is InChI=1S/C14H21F2NO/c1-2-3-11(4-5-18)9-17-10-12-6-13(15)8-14(16)7-12/h6-8,11,17-18H,2-5,9-10H2,1H3. The van der Waals surface area contributed by atoms with Crippen LogP contribution in [-0.4, -0.2) is 18.3 Å². The molecule has 18 heavy (non-hydrogen) atoms. The largest absolute Gasteiger partial charge is 0.396 e. The Hall–Kier alpha value is -1.00. The van der Waals surface area contributed by atoms with Crippen molar-refractivity contribution in [3.63, 3.8) is 0 Å². The molecule has 0 saturated carbocycles. The summed E-state index contributed by atoms with van der Waals surface area (Å²) in [4.78, 5) is 0. The molecule has 0 aliphatic carbocycles. The summed E-state index contributed by atoms with van der Waals surface area (Å²) in [6.07, 6.45) is 2.88. The van der Waals surface area contributed by atoms with Crippen LogP contribution in [0.15, 0.2) is 18.2 Å². The summed E-state index contributed by atoms with van der Waals surface area (Å²) >= 11 is 0. The second-order valence-electron chi connectivity index (χ2n) is 4.58. The van der Waals surface area contributed by atoms with Crippen LogP contribution in [0, 0.1) is 17.6 Å². The minimum absolute atomic E-state index is 0.181. The van der Waals surface area contributed by atoms with Crippen molar-refractivity contribution < 1.29 is 13.9 Å². The lowest BCUT2D eigenvalue weighted by Gasteiger charge is -2.15. The molecule has 1 unspecified atom stereocenters. The average molecular weight is 257 g/mol. The van der Waals surface area contributed by atoms with E-state index >= 15 is 0 Å². The number of rotatable bonds is 8. The van der Waals surface area contributed by atoms with Crippen molar-refractivity contribution in [3.8, 4) is 0 Å². The van der Waals surface area contributed by atoms with Gasteiger partial charge in [-0.05, 0) is 43.0 Å². The molecule has 2 nitrogen and oxygen atoms in total. The third-order valence-electron chi connectivity index (χ3n) is 2.92. The Bertz CT molecular complexity index is 331. The minimum atomic E-state index is -0.549. The van der Waals surface area contributed by atoms with Crippen LogP contribution in [0.4, 0.5) is 8.78 Å². The normalized spacial score (nSPS) is 12.7. The summed E-state index contributed by atoms with van der Waals surface area (Å²) in [6.45, 7) is 3.49. The van der Waals surface area contributed by atoms with E-state index in [1.54, 1.807) is 0 Å². The Balaban J connectivity index is 2.39. The van der Waals surface area contributed by atoms with Gasteiger partial charge in [-0.15, -0.1) is 0 Å². The van der Waals surface area contributed by atoms with Crippen molar-refractivity contribution in [2.24, 2.45) is 5.92 Å². The van der Waals surface area contributed by atoms with E-state index in [9.17, 15) is 8.78 Å². The van der Waals surface area contributed by atoms with Crippen molar-refractivity contribution in [3.05, 3.63) is 35.4 Å². The molecule has 0 saturated heterocycles. The molecule has 1 aromatic rings. The summed E-state index contributed by atoms with van der Waals surface area (Å²) in [5, 5.41) is 12.1. The maximum atomic E-state index is 13.0. The summed E-state index contributed by atoms with van der Waals surface area (Å²) in [6, 6.07) is 3.53. The first-order valence-corrected chi connectivity index (χ1v) is 6.42. The molecule has 0 fully saturated rings. The van der Waals surface area contributed by atoms with Gasteiger partial charge in [-0.3, -0.25) is 0 Å². The van der Waals surface area contributed by atoms with E-state index in [4.69, 9.17) is 5.11 Å². The van der Waals surface area contributed by atoms with Gasteiger partial charge in [0.2, 0.25) is 0 Å². The lowest BCUT2D eigenvalue weighted by atomic mass is 10.0. The van der Waals surface area contributed by atoms with Crippen LogP contribution in [0.3, 0.4) is 0 Å². The summed E-state index contributed by atoms with van der Waals surface area (Å²) in [5.41, 5.74) is 0.603. The highest BCUT2D eigenvalue weighted by molar-refractivity contribution is 5.17. The van der Waals surface area contributed by atoms with Gasteiger partial charge in [-0.25, -0.2) is 8.78 Å². The van der Waals surface area contributed by atoms with Crippen molar-refractivity contribution in [2.45, 2.75) is 32.7 Å². The molecule has 1 aromatic carbocycles. The lowest BCUT2D eigenvalue weighted by molar-refractivity contribution is 0.248. The Kier molecular flexibility index (Phi) is 6.83. The molecule has 4 heteroatoms. The highest BCUT2D eigenvalue weighted by Crippen LogP contribution is 2.11. The van der Waals surface area contributed by atoms with Gasteiger partial charge in [0.25, 0.3) is 0 Å². The van der Waals surface area contributed by atoms with Crippen LogP contribution in [0.5, 0.6) is 0 Å². The molecule has 0 bridgehead atoms. The van der Waals surface area contributed by atoms with Gasteiger partial charge in [0.15, 0.2) is 0 Å². The van der Waals surface area contributed by atoms with Crippen LogP contribution in [-0.2, 0) is 6.54 Å². The van der Waals surface area contributed by atoms with Crippen molar-refractivity contribution in [1.29, 1.82) is 0 Å². The van der Waals surface area contributed by atoms with E-state index in [0.717, 1.165) is 31.9 Å². The van der Waals surface area contributed by atoms with Crippen LogP contribution in [0.1, 0.15) is 31.7 Å². The molecule has 1 rings (SSSR count). The molecule has 0 amide bonds. The van der Waals surface area contributed by atoms with Crippen molar-refractivity contribution >= 4 is 0 Å². The monoisotopic (exact) mass is 257 g/mol. The molecule has 0 aromatic heterocycles. The van der Waals surface area contributed by atoms with E-state index in [1.165, 1.54) is 12.1 Å². The highest BCUT2D eigenvalue weighted by Gasteiger charge is 2.07. The SMILES string of the molecule is CCCC(CCO)CNCc1cc(F)cc(F)c1. The van der Waals surface area contributed by atoms with Crippen LogP contribution in [0.25, 0.3) is 0 Å². The Morgan fingerprint density at radius 3 is 2.39 bits per heavy atom. The molecule has 0 heterocycles. The maximum absolute atomic E-state index is 13.0. The second kappa shape index (κ2) is 8.16. The van der Waals surface area contributed by atoms with E-state index in [-0.39, 0.29) is 6.61 Å². The van der Waals surface area contributed by atoms with Crippen LogP contribution >= 0.6 is 0 Å². The number of hydrogen-bond donors (Lipinski definition) is 2. The molecule has 0 radical (unpaired) electrons. The molecule has 0 aliphatic heterocycles. The summed E-state index contributed by atoms with van der Waals surface area (Å²) < 4.78 is 25.9. The first-order valence-electron chi connectivity index (χ1n) is 6.42. The molecule has 102 valence electrons. The van der Waals surface area contributed by atoms with Crippen LogP contribution in [0.2, 0.25) is 0 Å². The van der Waals surface area contributed by atoms with Crippen molar-refractivity contribution in [1.82, 2.24) is 5.32 Å². The molecule has 0 aliphatic rings. The van der Waals surface area contributed by atoms with Crippen LogP contribution < -0.4 is 5.32 Å². The number of halogens is 2. The van der Waals surface area contributed by atoms with E-state index in [0.29, 0.717) is 18.0 Å². The summed E-state index contributed by atoms with van der Waals surface area (Å²) in [5.74, 6) is -0.682. The van der Waals surface area contributed by atoms with Gasteiger partial charge in [-0.2, -0.15) is 0 Å². The predicted molar refractivity (Wildman–Crippen MR) is 68.2 cm³/mol. The zero-order valence-electron chi connectivity index (χ0n) is 10.8. The molecule has 0 spiro atoms. The topological polar surface area (TPSA) is 32.3 Å². The number of aliphatic hydroxyl groups is 1. The van der Waals surface area contributed by atoms with Gasteiger partial charge < -0.3 is 10.4 Å². The third-order valence-corrected chi connectivity index (χ3v) is 2.92. The predicted octanol–water partition coefficient (Wildman–Crippen LogP) is 2.85. The quantitative estimate of drug-likeness (QED) is 0.750. The number of aliphatic hydroxyl groups excluding tert-OH is 1. The van der Waals surface area contributed by atoms with E-state index in [1.807, 2.05) is 0 Å². The maximum Gasteiger partial charge on any atom is 0.126 e. The fourth-order valence-corrected chi connectivity index (χ4v) is 2.07. The number of hydrogen-bond acceptors (Lipinski definition) is 2. The fraction of sp³-hybridized carbons (Fsp3) is 0.571. The van der Waals surface area contributed by atoms with E-state index in [2.05, 4.69) is 12.2 Å². The second-order valence-corrected chi connectivity index (χ2v) is 4.58. The zero-order chi connectivity index (χ0) is 13.4. The number of nitrogens with one attached hydrogen (secondary N) is 1. The molecule has 2 N–H and O–H groups in total. The zero-order valence-corrected chi connectivity index (χ0v) is 10.8. The van der Waals surface area contributed by atoms with Gasteiger partial charge in [-0.1, -0.05) is 13.3 Å². The lowest BCUT2D eigenvalue weighted by Crippen LogP contribution is -2.23. The van der Waals surface area contributed by atoms with Crippen molar-refractivity contribution in [2.75, 3.05) is 13.2 Å². The smallest absolute Gasteiger partial charge is 0.126 e. The summed E-state index contributed by atoms with van der Waals surface area (Å²) in [7, 11) is 0. The Labute approximate surface area is 107 Å². The third kappa shape index (κ3) is 5.56. The van der Waals surface area contributed by atoms with Gasteiger partial charge in [0.1, 0.15) is 11.6 Å².